The SMILES string of the molecule is Cc1cc(SC(C)(C)C)ccc1N[C@H](C)C(=O)NC(N)=O. The topological polar surface area (TPSA) is 84.2 Å². The van der Waals surface area contributed by atoms with E-state index in [4.69, 9.17) is 5.73 Å². The summed E-state index contributed by atoms with van der Waals surface area (Å²) in [6.45, 7) is 10.1. The van der Waals surface area contributed by atoms with Gasteiger partial charge in [-0.1, -0.05) is 20.8 Å². The Labute approximate surface area is 130 Å². The minimum Gasteiger partial charge on any atom is -0.374 e. The van der Waals surface area contributed by atoms with E-state index in [-0.39, 0.29) is 4.75 Å². The fourth-order valence-corrected chi connectivity index (χ4v) is 2.82. The molecule has 4 N–H and O–H groups in total. The third kappa shape index (κ3) is 6.08. The van der Waals surface area contributed by atoms with Crippen LogP contribution in [0.4, 0.5) is 10.5 Å². The van der Waals surface area contributed by atoms with E-state index in [0.717, 1.165) is 11.3 Å². The van der Waals surface area contributed by atoms with E-state index in [0.29, 0.717) is 0 Å². The number of carbonyl (C=O) groups is 2. The van der Waals surface area contributed by atoms with Crippen LogP contribution in [0.2, 0.25) is 0 Å². The number of urea groups is 1. The number of aryl methyl sites for hydroxylation is 1. The summed E-state index contributed by atoms with van der Waals surface area (Å²) in [5, 5.41) is 5.13. The molecule has 0 bridgehead atoms. The summed E-state index contributed by atoms with van der Waals surface area (Å²) >= 11 is 1.79. The van der Waals surface area contributed by atoms with E-state index in [1.165, 1.54) is 4.90 Å². The number of anilines is 1. The third-order valence-electron chi connectivity index (χ3n) is 2.63. The molecule has 5 nitrogen and oxygen atoms in total. The van der Waals surface area contributed by atoms with Crippen molar-refractivity contribution in [1.82, 2.24) is 5.32 Å². The summed E-state index contributed by atoms with van der Waals surface area (Å²) < 4.78 is 0.149. The summed E-state index contributed by atoms with van der Waals surface area (Å²) in [6, 6.07) is 4.65. The Kier molecular flexibility index (Phi) is 5.66. The second-order valence-corrected chi connectivity index (χ2v) is 7.81. The predicted molar refractivity (Wildman–Crippen MR) is 87.6 cm³/mol. The Bertz CT molecular complexity index is 538. The van der Waals surface area contributed by atoms with Crippen LogP contribution in [0.25, 0.3) is 0 Å². The second-order valence-electron chi connectivity index (χ2n) is 5.91. The number of nitrogens with two attached hydrogens (primary N) is 1. The lowest BCUT2D eigenvalue weighted by atomic mass is 10.2. The summed E-state index contributed by atoms with van der Waals surface area (Å²) in [7, 11) is 0. The zero-order valence-electron chi connectivity index (χ0n) is 13.1. The van der Waals surface area contributed by atoms with Crippen LogP contribution in [-0.4, -0.2) is 22.7 Å². The van der Waals surface area contributed by atoms with Gasteiger partial charge in [0.15, 0.2) is 0 Å². The average molecular weight is 309 g/mol. The first-order valence-electron chi connectivity index (χ1n) is 6.75. The van der Waals surface area contributed by atoms with Crippen molar-refractivity contribution in [1.29, 1.82) is 0 Å². The van der Waals surface area contributed by atoms with Gasteiger partial charge in [0.1, 0.15) is 6.04 Å². The Morgan fingerprint density at radius 1 is 1.29 bits per heavy atom. The lowest BCUT2D eigenvalue weighted by Gasteiger charge is -2.20. The van der Waals surface area contributed by atoms with Gasteiger partial charge in [0.05, 0.1) is 0 Å². The molecule has 1 aromatic carbocycles. The molecule has 1 rings (SSSR count). The van der Waals surface area contributed by atoms with E-state index in [2.05, 4.69) is 37.5 Å². The lowest BCUT2D eigenvalue weighted by Crippen LogP contribution is -2.43. The van der Waals surface area contributed by atoms with E-state index in [9.17, 15) is 9.59 Å². The summed E-state index contributed by atoms with van der Waals surface area (Å²) in [5.74, 6) is -0.449. The first-order chi connectivity index (χ1) is 9.58. The van der Waals surface area contributed by atoms with Crippen molar-refractivity contribution < 1.29 is 9.59 Å². The van der Waals surface area contributed by atoms with Gasteiger partial charge in [-0.05, 0) is 37.6 Å². The van der Waals surface area contributed by atoms with Crippen molar-refractivity contribution in [3.63, 3.8) is 0 Å². The smallest absolute Gasteiger partial charge is 0.318 e. The molecule has 0 aliphatic carbocycles. The maximum atomic E-state index is 11.6. The molecule has 0 saturated heterocycles. The van der Waals surface area contributed by atoms with Crippen molar-refractivity contribution in [3.05, 3.63) is 23.8 Å². The molecule has 0 aliphatic heterocycles. The van der Waals surface area contributed by atoms with Gasteiger partial charge in [0.2, 0.25) is 5.91 Å². The Hall–Kier alpha value is -1.69. The minimum atomic E-state index is -0.845. The van der Waals surface area contributed by atoms with Crippen molar-refractivity contribution in [2.45, 2.75) is 50.3 Å². The molecule has 21 heavy (non-hydrogen) atoms. The second kappa shape index (κ2) is 6.85. The van der Waals surface area contributed by atoms with Gasteiger partial charge in [-0.25, -0.2) is 4.79 Å². The number of nitrogens with one attached hydrogen (secondary N) is 2. The first-order valence-corrected chi connectivity index (χ1v) is 7.56. The first kappa shape index (κ1) is 17.4. The molecule has 0 heterocycles. The molecule has 6 heteroatoms. The largest absolute Gasteiger partial charge is 0.374 e. The minimum absolute atomic E-state index is 0.149. The molecule has 0 fully saturated rings. The van der Waals surface area contributed by atoms with Gasteiger partial charge in [0, 0.05) is 15.3 Å². The van der Waals surface area contributed by atoms with Gasteiger partial charge < -0.3 is 11.1 Å². The van der Waals surface area contributed by atoms with Crippen LogP contribution in [0, 0.1) is 6.92 Å². The number of rotatable bonds is 4. The van der Waals surface area contributed by atoms with Crippen molar-refractivity contribution in [2.75, 3.05) is 5.32 Å². The Balaban J connectivity index is 2.77. The van der Waals surface area contributed by atoms with Gasteiger partial charge in [-0.15, -0.1) is 11.8 Å². The summed E-state index contributed by atoms with van der Waals surface area (Å²) in [4.78, 5) is 23.5. The highest BCUT2D eigenvalue weighted by Gasteiger charge is 2.16. The van der Waals surface area contributed by atoms with Gasteiger partial charge in [-0.3, -0.25) is 10.1 Å². The zero-order chi connectivity index (χ0) is 16.2. The van der Waals surface area contributed by atoms with Crippen LogP contribution in [0.15, 0.2) is 23.1 Å². The molecule has 0 aliphatic rings. The lowest BCUT2D eigenvalue weighted by molar-refractivity contribution is -0.120. The number of amides is 3. The summed E-state index contributed by atoms with van der Waals surface area (Å²) in [5.41, 5.74) is 6.84. The highest BCUT2D eigenvalue weighted by molar-refractivity contribution is 8.00. The fourth-order valence-electron chi connectivity index (χ4n) is 1.74. The monoisotopic (exact) mass is 309 g/mol. The van der Waals surface area contributed by atoms with Crippen LogP contribution in [0.3, 0.4) is 0 Å². The van der Waals surface area contributed by atoms with E-state index >= 15 is 0 Å². The zero-order valence-corrected chi connectivity index (χ0v) is 13.9. The molecule has 1 aromatic rings. The van der Waals surface area contributed by atoms with Crippen LogP contribution in [-0.2, 0) is 4.79 Å². The fraction of sp³-hybridized carbons (Fsp3) is 0.467. The van der Waals surface area contributed by atoms with Crippen molar-refractivity contribution in [3.8, 4) is 0 Å². The normalized spacial score (nSPS) is 12.6. The molecule has 0 aromatic heterocycles. The van der Waals surface area contributed by atoms with Crippen LogP contribution in [0.5, 0.6) is 0 Å². The summed E-state index contributed by atoms with van der Waals surface area (Å²) in [6.07, 6.45) is 0. The highest BCUT2D eigenvalue weighted by Crippen LogP contribution is 2.33. The number of hydrogen-bond donors (Lipinski definition) is 3. The van der Waals surface area contributed by atoms with Crippen LogP contribution in [0.1, 0.15) is 33.3 Å². The van der Waals surface area contributed by atoms with E-state index in [1.807, 2.05) is 19.1 Å². The molecule has 116 valence electrons. The molecule has 0 unspecified atom stereocenters. The van der Waals surface area contributed by atoms with Crippen molar-refractivity contribution in [2.24, 2.45) is 5.73 Å². The number of imide groups is 1. The molecular weight excluding hydrogens is 286 g/mol. The molecule has 0 spiro atoms. The quantitative estimate of drug-likeness (QED) is 0.747. The molecule has 1 atom stereocenters. The van der Waals surface area contributed by atoms with E-state index < -0.39 is 18.0 Å². The van der Waals surface area contributed by atoms with Crippen molar-refractivity contribution >= 4 is 29.4 Å². The predicted octanol–water partition coefficient (Wildman–Crippen LogP) is 2.88. The molecule has 0 radical (unpaired) electrons. The maximum Gasteiger partial charge on any atom is 0.318 e. The van der Waals surface area contributed by atoms with Gasteiger partial charge in [-0.2, -0.15) is 0 Å². The van der Waals surface area contributed by atoms with E-state index in [1.54, 1.807) is 18.7 Å². The molecule has 0 saturated carbocycles. The average Bonchev–Trinajstić information content (AvgIpc) is 2.29. The Morgan fingerprint density at radius 3 is 2.38 bits per heavy atom. The van der Waals surface area contributed by atoms with Gasteiger partial charge >= 0.3 is 6.03 Å². The van der Waals surface area contributed by atoms with Crippen LogP contribution < -0.4 is 16.4 Å². The maximum absolute atomic E-state index is 11.6. The Morgan fingerprint density at radius 2 is 1.90 bits per heavy atom. The van der Waals surface area contributed by atoms with Crippen LogP contribution >= 0.6 is 11.8 Å². The standard InChI is InChI=1S/C15H23N3O2S/c1-9-8-11(21-15(3,4)5)6-7-12(9)17-10(2)13(19)18-14(16)20/h6-8,10,17H,1-5H3,(H3,16,18,19,20)/t10-/m1/s1. The molecule has 3 amide bonds. The van der Waals surface area contributed by atoms with Gasteiger partial charge in [0.25, 0.3) is 0 Å². The number of hydrogen-bond acceptors (Lipinski definition) is 4. The molecular formula is C15H23N3O2S. The number of thioether (sulfide) groups is 1. The number of primary amides is 1. The highest BCUT2D eigenvalue weighted by atomic mass is 32.2. The third-order valence-corrected chi connectivity index (χ3v) is 3.74. The number of benzene rings is 1. The number of carbonyl (C=O) groups excluding carboxylic acids is 2.